The maximum atomic E-state index is 6.06. The summed E-state index contributed by atoms with van der Waals surface area (Å²) in [6, 6.07) is 20.8. The number of nitrogens with one attached hydrogen (secondary N) is 1. The molecule has 31 heavy (non-hydrogen) atoms. The molecule has 9 heteroatoms. The number of halogens is 2. The van der Waals surface area contributed by atoms with Crippen LogP contribution in [-0.4, -0.2) is 26.8 Å². The lowest BCUT2D eigenvalue weighted by Gasteiger charge is -2.13. The van der Waals surface area contributed by atoms with Gasteiger partial charge in [0.2, 0.25) is 0 Å². The van der Waals surface area contributed by atoms with Gasteiger partial charge in [0, 0.05) is 22.3 Å². The molecule has 1 aromatic heterocycles. The molecule has 0 saturated carbocycles. The van der Waals surface area contributed by atoms with E-state index in [0.29, 0.717) is 34.7 Å². The number of benzene rings is 3. The van der Waals surface area contributed by atoms with Gasteiger partial charge in [-0.3, -0.25) is 0 Å². The molecule has 7 nitrogen and oxygen atoms in total. The van der Waals surface area contributed by atoms with Gasteiger partial charge in [-0.25, -0.2) is 0 Å². The minimum atomic E-state index is 0.242. The van der Waals surface area contributed by atoms with Crippen molar-refractivity contribution in [1.29, 1.82) is 0 Å². The van der Waals surface area contributed by atoms with Crippen molar-refractivity contribution in [3.8, 4) is 23.2 Å². The Kier molecular flexibility index (Phi) is 6.54. The van der Waals surface area contributed by atoms with E-state index in [1.807, 2.05) is 67.6 Å². The van der Waals surface area contributed by atoms with Gasteiger partial charge in [-0.15, -0.1) is 0 Å². The maximum absolute atomic E-state index is 6.06. The normalized spacial score (nSPS) is 10.7. The summed E-state index contributed by atoms with van der Waals surface area (Å²) in [7, 11) is 0. The van der Waals surface area contributed by atoms with Gasteiger partial charge in [-0.05, 0) is 65.4 Å². The fourth-order valence-corrected chi connectivity index (χ4v) is 3.47. The van der Waals surface area contributed by atoms with Crippen molar-refractivity contribution in [1.82, 2.24) is 20.2 Å². The molecule has 158 valence electrons. The van der Waals surface area contributed by atoms with Crippen LogP contribution in [0.5, 0.6) is 17.5 Å². The lowest BCUT2D eigenvalue weighted by Crippen LogP contribution is -2.03. The molecular weight excluding hydrogens is 437 g/mol. The predicted molar refractivity (Wildman–Crippen MR) is 121 cm³/mol. The Balaban J connectivity index is 1.54. The Morgan fingerprint density at radius 1 is 0.935 bits per heavy atom. The van der Waals surface area contributed by atoms with E-state index in [2.05, 4.69) is 20.8 Å². The molecule has 4 rings (SSSR count). The highest BCUT2D eigenvalue weighted by molar-refractivity contribution is 6.35. The van der Waals surface area contributed by atoms with E-state index in [9.17, 15) is 0 Å². The zero-order valence-electron chi connectivity index (χ0n) is 16.6. The number of anilines is 1. The summed E-state index contributed by atoms with van der Waals surface area (Å²) in [5, 5.41) is 16.2. The van der Waals surface area contributed by atoms with Crippen LogP contribution in [0.15, 0.2) is 66.7 Å². The molecule has 0 aliphatic heterocycles. The Labute approximate surface area is 189 Å². The van der Waals surface area contributed by atoms with E-state index < -0.39 is 0 Å². The molecule has 0 aliphatic rings. The van der Waals surface area contributed by atoms with Crippen molar-refractivity contribution in [2.24, 2.45) is 0 Å². The fourth-order valence-electron chi connectivity index (χ4n) is 2.95. The first-order chi connectivity index (χ1) is 15.1. The van der Waals surface area contributed by atoms with Gasteiger partial charge >= 0.3 is 6.01 Å². The summed E-state index contributed by atoms with van der Waals surface area (Å²) >= 11 is 12.1. The SMILES string of the molecule is CCOc1cc(CNc2cc(Cl)cc(Cl)c2)ccc1Oc1nnnn1-c1ccccc1. The van der Waals surface area contributed by atoms with Crippen molar-refractivity contribution < 1.29 is 9.47 Å². The summed E-state index contributed by atoms with van der Waals surface area (Å²) in [4.78, 5) is 0. The molecule has 0 atom stereocenters. The largest absolute Gasteiger partial charge is 0.490 e. The summed E-state index contributed by atoms with van der Waals surface area (Å²) in [5.74, 6) is 1.11. The van der Waals surface area contributed by atoms with Gasteiger partial charge in [0.15, 0.2) is 11.5 Å². The third-order valence-electron chi connectivity index (χ3n) is 4.31. The first kappa shape index (κ1) is 21.0. The number of hydrogen-bond donors (Lipinski definition) is 1. The van der Waals surface area contributed by atoms with E-state index in [0.717, 1.165) is 16.9 Å². The molecule has 0 spiro atoms. The Hall–Kier alpha value is -3.29. The van der Waals surface area contributed by atoms with Crippen LogP contribution < -0.4 is 14.8 Å². The number of hydrogen-bond acceptors (Lipinski definition) is 6. The lowest BCUT2D eigenvalue weighted by molar-refractivity contribution is 0.315. The standard InChI is InChI=1S/C22H19Cl2N5O2/c1-2-30-21-10-15(14-25-18-12-16(23)11-17(24)13-18)8-9-20(21)31-22-26-27-28-29(22)19-6-4-3-5-7-19/h3-13,25H,2,14H2,1H3. The van der Waals surface area contributed by atoms with Gasteiger partial charge in [0.25, 0.3) is 0 Å². The third kappa shape index (κ3) is 5.25. The number of para-hydroxylation sites is 1. The van der Waals surface area contributed by atoms with Crippen molar-refractivity contribution in [2.45, 2.75) is 13.5 Å². The molecule has 0 unspecified atom stereocenters. The summed E-state index contributed by atoms with van der Waals surface area (Å²) < 4.78 is 13.3. The van der Waals surface area contributed by atoms with E-state index in [4.69, 9.17) is 32.7 Å². The van der Waals surface area contributed by atoms with Crippen LogP contribution in [-0.2, 0) is 6.54 Å². The molecule has 0 fully saturated rings. The number of aromatic nitrogens is 4. The van der Waals surface area contributed by atoms with E-state index in [1.54, 1.807) is 6.07 Å². The second kappa shape index (κ2) is 9.68. The van der Waals surface area contributed by atoms with E-state index in [-0.39, 0.29) is 6.01 Å². The van der Waals surface area contributed by atoms with Gasteiger partial charge in [-0.2, -0.15) is 4.68 Å². The van der Waals surface area contributed by atoms with Crippen molar-refractivity contribution in [3.63, 3.8) is 0 Å². The molecule has 0 amide bonds. The second-order valence-electron chi connectivity index (χ2n) is 6.54. The number of rotatable bonds is 8. The summed E-state index contributed by atoms with van der Waals surface area (Å²) in [5.41, 5.74) is 2.62. The average Bonchev–Trinajstić information content (AvgIpc) is 3.22. The quantitative estimate of drug-likeness (QED) is 0.363. The minimum Gasteiger partial charge on any atom is -0.490 e. The van der Waals surface area contributed by atoms with Crippen LogP contribution >= 0.6 is 23.2 Å². The predicted octanol–water partition coefficient (Wildman–Crippen LogP) is 5.77. The zero-order chi connectivity index (χ0) is 21.6. The molecule has 1 N–H and O–H groups in total. The summed E-state index contributed by atoms with van der Waals surface area (Å²) in [6.07, 6.45) is 0. The van der Waals surface area contributed by atoms with Crippen LogP contribution in [0.25, 0.3) is 5.69 Å². The molecule has 0 bridgehead atoms. The highest BCUT2D eigenvalue weighted by Crippen LogP contribution is 2.33. The van der Waals surface area contributed by atoms with Crippen LogP contribution in [0.4, 0.5) is 5.69 Å². The van der Waals surface area contributed by atoms with E-state index >= 15 is 0 Å². The Morgan fingerprint density at radius 3 is 2.45 bits per heavy atom. The lowest BCUT2D eigenvalue weighted by atomic mass is 10.2. The Morgan fingerprint density at radius 2 is 1.71 bits per heavy atom. The molecule has 4 aromatic rings. The van der Waals surface area contributed by atoms with Gasteiger partial charge in [0.05, 0.1) is 12.3 Å². The maximum Gasteiger partial charge on any atom is 0.346 e. The number of nitrogens with zero attached hydrogens (tertiary/aromatic N) is 4. The molecule has 0 radical (unpaired) electrons. The molecule has 0 aliphatic carbocycles. The van der Waals surface area contributed by atoms with E-state index in [1.165, 1.54) is 4.68 Å². The van der Waals surface area contributed by atoms with Gasteiger partial charge in [-0.1, -0.05) is 52.6 Å². The first-order valence-corrected chi connectivity index (χ1v) is 10.4. The first-order valence-electron chi connectivity index (χ1n) is 9.59. The number of tetrazole rings is 1. The third-order valence-corrected chi connectivity index (χ3v) is 4.75. The van der Waals surface area contributed by atoms with Crippen LogP contribution in [0.2, 0.25) is 10.0 Å². The van der Waals surface area contributed by atoms with Crippen molar-refractivity contribution >= 4 is 28.9 Å². The Bertz CT molecular complexity index is 1150. The monoisotopic (exact) mass is 455 g/mol. The van der Waals surface area contributed by atoms with Gasteiger partial charge < -0.3 is 14.8 Å². The molecule has 1 heterocycles. The molecular formula is C22H19Cl2N5O2. The van der Waals surface area contributed by atoms with Crippen LogP contribution in [0, 0.1) is 0 Å². The fraction of sp³-hybridized carbons (Fsp3) is 0.136. The second-order valence-corrected chi connectivity index (χ2v) is 7.41. The molecule has 3 aromatic carbocycles. The van der Waals surface area contributed by atoms with Crippen molar-refractivity contribution in [2.75, 3.05) is 11.9 Å². The molecule has 0 saturated heterocycles. The topological polar surface area (TPSA) is 74.1 Å². The summed E-state index contributed by atoms with van der Waals surface area (Å²) in [6.45, 7) is 2.95. The highest BCUT2D eigenvalue weighted by Gasteiger charge is 2.14. The average molecular weight is 456 g/mol. The van der Waals surface area contributed by atoms with Gasteiger partial charge in [0.1, 0.15) is 0 Å². The minimum absolute atomic E-state index is 0.242. The van der Waals surface area contributed by atoms with Crippen LogP contribution in [0.3, 0.4) is 0 Å². The smallest absolute Gasteiger partial charge is 0.346 e. The van der Waals surface area contributed by atoms with Crippen molar-refractivity contribution in [3.05, 3.63) is 82.3 Å². The van der Waals surface area contributed by atoms with Crippen LogP contribution in [0.1, 0.15) is 12.5 Å². The number of ether oxygens (including phenoxy) is 2. The zero-order valence-corrected chi connectivity index (χ0v) is 18.1. The highest BCUT2D eigenvalue weighted by atomic mass is 35.5.